The molecule has 1 N–H and O–H groups in total. The lowest BCUT2D eigenvalue weighted by molar-refractivity contribution is -0.116. The lowest BCUT2D eigenvalue weighted by atomic mass is 10.2. The van der Waals surface area contributed by atoms with Gasteiger partial charge in [0.2, 0.25) is 26.0 Å². The normalized spacial score (nSPS) is 16.6. The molecule has 0 radical (unpaired) electrons. The van der Waals surface area contributed by atoms with Crippen LogP contribution in [0.25, 0.3) is 0 Å². The summed E-state index contributed by atoms with van der Waals surface area (Å²) in [5.41, 5.74) is 0.676. The molecule has 0 spiro atoms. The standard InChI is InChI=1S/C22H28ClN3O5S2/c1-17(26(32(2,28)29)20-11-7-18(23)8-12-20)22(27)24-19-9-13-21(14-10-19)33(30,31)25-15-5-3-4-6-16-25/h7-14,17H,3-6,15-16H2,1-2H3,(H,24,27)/t17-/m1/s1. The van der Waals surface area contributed by atoms with E-state index in [1.807, 2.05) is 0 Å². The van der Waals surface area contributed by atoms with Gasteiger partial charge in [0.05, 0.1) is 16.8 Å². The van der Waals surface area contributed by atoms with Crippen molar-refractivity contribution in [1.82, 2.24) is 4.31 Å². The van der Waals surface area contributed by atoms with Gasteiger partial charge < -0.3 is 5.32 Å². The highest BCUT2D eigenvalue weighted by Gasteiger charge is 2.29. The van der Waals surface area contributed by atoms with Crippen LogP contribution in [0, 0.1) is 0 Å². The van der Waals surface area contributed by atoms with Crippen molar-refractivity contribution in [3.63, 3.8) is 0 Å². The first kappa shape index (κ1) is 25.5. The molecule has 1 aliphatic rings. The number of nitrogens with zero attached hydrogens (tertiary/aromatic N) is 2. The Kier molecular flexibility index (Phi) is 8.04. The number of anilines is 2. The second-order valence-electron chi connectivity index (χ2n) is 8.04. The smallest absolute Gasteiger partial charge is 0.247 e. The number of rotatable bonds is 7. The number of benzene rings is 2. The molecule has 0 aromatic heterocycles. The maximum absolute atomic E-state index is 12.9. The summed E-state index contributed by atoms with van der Waals surface area (Å²) in [7, 11) is -7.36. The van der Waals surface area contributed by atoms with Crippen molar-refractivity contribution in [2.24, 2.45) is 0 Å². The van der Waals surface area contributed by atoms with Crippen LogP contribution in [0.5, 0.6) is 0 Å². The summed E-state index contributed by atoms with van der Waals surface area (Å²) in [6, 6.07) is 11.0. The van der Waals surface area contributed by atoms with Crippen molar-refractivity contribution in [2.75, 3.05) is 29.0 Å². The van der Waals surface area contributed by atoms with Crippen LogP contribution < -0.4 is 9.62 Å². The van der Waals surface area contributed by atoms with Crippen LogP contribution in [0.1, 0.15) is 32.6 Å². The summed E-state index contributed by atoms with van der Waals surface area (Å²) in [6.07, 6.45) is 4.75. The van der Waals surface area contributed by atoms with Gasteiger partial charge >= 0.3 is 0 Å². The lowest BCUT2D eigenvalue weighted by Crippen LogP contribution is -2.45. The van der Waals surface area contributed by atoms with Crippen LogP contribution >= 0.6 is 11.6 Å². The first-order valence-corrected chi connectivity index (χ1v) is 14.3. The van der Waals surface area contributed by atoms with Crippen LogP contribution in [0.2, 0.25) is 5.02 Å². The summed E-state index contributed by atoms with van der Waals surface area (Å²) in [5, 5.41) is 3.11. The molecule has 1 atom stereocenters. The molecular weight excluding hydrogens is 486 g/mol. The van der Waals surface area contributed by atoms with Crippen LogP contribution in [-0.4, -0.2) is 52.4 Å². The summed E-state index contributed by atoms with van der Waals surface area (Å²) in [6.45, 7) is 2.48. The summed E-state index contributed by atoms with van der Waals surface area (Å²) in [4.78, 5) is 13.0. The number of amides is 1. The van der Waals surface area contributed by atoms with Gasteiger partial charge in [-0.3, -0.25) is 9.10 Å². The van der Waals surface area contributed by atoms with Gasteiger partial charge in [0.1, 0.15) is 6.04 Å². The van der Waals surface area contributed by atoms with E-state index < -0.39 is 32.0 Å². The van der Waals surface area contributed by atoms with Gasteiger partial charge in [-0.2, -0.15) is 4.31 Å². The third kappa shape index (κ3) is 6.26. The van der Waals surface area contributed by atoms with E-state index in [4.69, 9.17) is 11.6 Å². The van der Waals surface area contributed by atoms with E-state index >= 15 is 0 Å². The van der Waals surface area contributed by atoms with E-state index in [1.165, 1.54) is 47.6 Å². The third-order valence-electron chi connectivity index (χ3n) is 5.49. The Bertz CT molecular complexity index is 1180. The molecule has 8 nitrogen and oxygen atoms in total. The first-order chi connectivity index (χ1) is 15.5. The Hall–Kier alpha value is -2.14. The van der Waals surface area contributed by atoms with Gasteiger partial charge in [-0.05, 0) is 68.3 Å². The average molecular weight is 514 g/mol. The number of sulfonamides is 2. The quantitative estimate of drug-likeness (QED) is 0.608. The molecular formula is C22H28ClN3O5S2. The minimum absolute atomic E-state index is 0.161. The molecule has 0 unspecified atom stereocenters. The van der Waals surface area contributed by atoms with Crippen LogP contribution in [0.4, 0.5) is 11.4 Å². The predicted octanol–water partition coefficient (Wildman–Crippen LogP) is 3.70. The SMILES string of the molecule is C[C@H](C(=O)Nc1ccc(S(=O)(=O)N2CCCCCC2)cc1)N(c1ccc(Cl)cc1)S(C)(=O)=O. The van der Waals surface area contributed by atoms with Crippen molar-refractivity contribution >= 4 is 48.9 Å². The molecule has 1 fully saturated rings. The lowest BCUT2D eigenvalue weighted by Gasteiger charge is -2.28. The molecule has 1 heterocycles. The second kappa shape index (κ2) is 10.4. The maximum Gasteiger partial charge on any atom is 0.247 e. The Balaban J connectivity index is 1.75. The number of carbonyl (C=O) groups is 1. The molecule has 1 saturated heterocycles. The first-order valence-electron chi connectivity index (χ1n) is 10.7. The van der Waals surface area contributed by atoms with Crippen molar-refractivity contribution in [2.45, 2.75) is 43.5 Å². The van der Waals surface area contributed by atoms with E-state index in [0.717, 1.165) is 36.2 Å². The molecule has 0 bridgehead atoms. The Morgan fingerprint density at radius 2 is 1.48 bits per heavy atom. The second-order valence-corrected chi connectivity index (χ2v) is 12.3. The number of hydrogen-bond acceptors (Lipinski definition) is 5. The van der Waals surface area contributed by atoms with Crippen molar-refractivity contribution in [3.05, 3.63) is 53.6 Å². The molecule has 2 aromatic carbocycles. The Labute approximate surface area is 200 Å². The van der Waals surface area contributed by atoms with Crippen LogP contribution in [0.15, 0.2) is 53.4 Å². The number of hydrogen-bond donors (Lipinski definition) is 1. The van der Waals surface area contributed by atoms with Gasteiger partial charge in [-0.15, -0.1) is 0 Å². The molecule has 2 aromatic rings. The van der Waals surface area contributed by atoms with E-state index in [9.17, 15) is 21.6 Å². The highest BCUT2D eigenvalue weighted by atomic mass is 35.5. The zero-order valence-electron chi connectivity index (χ0n) is 18.6. The van der Waals surface area contributed by atoms with Gasteiger partial charge in [-0.25, -0.2) is 16.8 Å². The van der Waals surface area contributed by atoms with E-state index in [2.05, 4.69) is 5.32 Å². The highest BCUT2D eigenvalue weighted by Crippen LogP contribution is 2.25. The van der Waals surface area contributed by atoms with E-state index in [1.54, 1.807) is 12.1 Å². The molecule has 3 rings (SSSR count). The number of halogens is 1. The molecule has 0 aliphatic carbocycles. The van der Waals surface area contributed by atoms with Gasteiger partial charge in [-0.1, -0.05) is 24.4 Å². The number of nitrogens with one attached hydrogen (secondary N) is 1. The van der Waals surface area contributed by atoms with Crippen molar-refractivity contribution < 1.29 is 21.6 Å². The van der Waals surface area contributed by atoms with Gasteiger partial charge in [0.15, 0.2) is 0 Å². The fraction of sp³-hybridized carbons (Fsp3) is 0.409. The predicted molar refractivity (Wildman–Crippen MR) is 131 cm³/mol. The average Bonchev–Trinajstić information content (AvgIpc) is 3.05. The molecule has 11 heteroatoms. The molecule has 0 saturated carbocycles. The number of carbonyl (C=O) groups excluding carboxylic acids is 1. The third-order valence-corrected chi connectivity index (χ3v) is 8.90. The van der Waals surface area contributed by atoms with E-state index in [0.29, 0.717) is 29.5 Å². The van der Waals surface area contributed by atoms with Crippen molar-refractivity contribution in [3.8, 4) is 0 Å². The monoisotopic (exact) mass is 513 g/mol. The molecule has 180 valence electrons. The van der Waals surface area contributed by atoms with Crippen LogP contribution in [0.3, 0.4) is 0 Å². The molecule has 1 amide bonds. The zero-order chi connectivity index (χ0) is 24.2. The minimum Gasteiger partial charge on any atom is -0.324 e. The Morgan fingerprint density at radius 3 is 2.00 bits per heavy atom. The van der Waals surface area contributed by atoms with Gasteiger partial charge in [0, 0.05) is 23.8 Å². The zero-order valence-corrected chi connectivity index (χ0v) is 21.0. The highest BCUT2D eigenvalue weighted by molar-refractivity contribution is 7.92. The molecule has 33 heavy (non-hydrogen) atoms. The molecule has 1 aliphatic heterocycles. The Morgan fingerprint density at radius 1 is 0.939 bits per heavy atom. The fourth-order valence-corrected chi connectivity index (χ4v) is 6.60. The fourth-order valence-electron chi connectivity index (χ4n) is 3.78. The van der Waals surface area contributed by atoms with Crippen LogP contribution in [-0.2, 0) is 24.8 Å². The summed E-state index contributed by atoms with van der Waals surface area (Å²) >= 11 is 5.89. The topological polar surface area (TPSA) is 104 Å². The van der Waals surface area contributed by atoms with Gasteiger partial charge in [0.25, 0.3) is 0 Å². The summed E-state index contributed by atoms with van der Waals surface area (Å²) < 4.78 is 53.1. The minimum atomic E-state index is -3.76. The largest absolute Gasteiger partial charge is 0.324 e. The van der Waals surface area contributed by atoms with E-state index in [-0.39, 0.29) is 4.90 Å². The maximum atomic E-state index is 12.9. The van der Waals surface area contributed by atoms with Crippen molar-refractivity contribution in [1.29, 1.82) is 0 Å². The summed E-state index contributed by atoms with van der Waals surface area (Å²) in [5.74, 6) is -0.557.